The average molecular weight is 319 g/mol. The minimum absolute atomic E-state index is 0.195. The van der Waals surface area contributed by atoms with Crippen molar-refractivity contribution in [2.24, 2.45) is 0 Å². The minimum atomic E-state index is 0.195. The largest absolute Gasteiger partial charge is 0.375 e. The summed E-state index contributed by atoms with van der Waals surface area (Å²) in [6, 6.07) is 0.495. The molecule has 1 aliphatic carbocycles. The zero-order valence-corrected chi connectivity index (χ0v) is 10.7. The Morgan fingerprint density at radius 2 is 2.40 bits per heavy atom. The molecular formula is C10H14IN3O. The fourth-order valence-corrected chi connectivity index (χ4v) is 2.95. The fourth-order valence-electron chi connectivity index (χ4n) is 2.58. The summed E-state index contributed by atoms with van der Waals surface area (Å²) >= 11 is 2.15. The predicted molar refractivity (Wildman–Crippen MR) is 63.5 cm³/mol. The Bertz CT molecular complexity index is 361. The third-order valence-electron chi connectivity index (χ3n) is 3.59. The van der Waals surface area contributed by atoms with E-state index < -0.39 is 0 Å². The number of nitrogens with zero attached hydrogens (tertiary/aromatic N) is 3. The standard InChI is InChI=1S/C10H14IN3O/c11-9-12-7-14(13-9)8-2-5-15-10(6-8)3-1-4-10/h7-8H,1-6H2. The van der Waals surface area contributed by atoms with Gasteiger partial charge in [0.15, 0.2) is 0 Å². The molecule has 2 heterocycles. The fraction of sp³-hybridized carbons (Fsp3) is 0.800. The summed E-state index contributed by atoms with van der Waals surface area (Å²) in [5.74, 6) is 0. The van der Waals surface area contributed by atoms with Crippen LogP contribution in [0.2, 0.25) is 0 Å². The predicted octanol–water partition coefficient (Wildman–Crippen LogP) is 2.16. The highest BCUT2D eigenvalue weighted by Gasteiger charge is 2.43. The van der Waals surface area contributed by atoms with Crippen molar-refractivity contribution < 1.29 is 4.74 Å². The molecule has 1 unspecified atom stereocenters. The molecule has 1 atom stereocenters. The average Bonchev–Trinajstić information content (AvgIpc) is 2.63. The highest BCUT2D eigenvalue weighted by atomic mass is 127. The van der Waals surface area contributed by atoms with E-state index in [1.165, 1.54) is 19.3 Å². The second-order valence-electron chi connectivity index (χ2n) is 4.53. The normalized spacial score (nSPS) is 29.0. The Balaban J connectivity index is 1.76. The van der Waals surface area contributed by atoms with Crippen LogP contribution >= 0.6 is 22.6 Å². The van der Waals surface area contributed by atoms with Gasteiger partial charge in [0.2, 0.25) is 3.83 Å². The van der Waals surface area contributed by atoms with Crippen LogP contribution in [0.1, 0.15) is 38.1 Å². The van der Waals surface area contributed by atoms with Crippen LogP contribution < -0.4 is 0 Å². The lowest BCUT2D eigenvalue weighted by Crippen LogP contribution is -2.46. The van der Waals surface area contributed by atoms with Gasteiger partial charge < -0.3 is 4.74 Å². The quantitative estimate of drug-likeness (QED) is 0.745. The maximum Gasteiger partial charge on any atom is 0.211 e. The van der Waals surface area contributed by atoms with E-state index in [2.05, 4.69) is 32.7 Å². The number of halogens is 1. The van der Waals surface area contributed by atoms with E-state index in [1.54, 1.807) is 0 Å². The SMILES string of the molecule is Ic1ncn(C2CCOC3(CCC3)C2)n1. The molecule has 0 N–H and O–H groups in total. The molecule has 1 aromatic rings. The topological polar surface area (TPSA) is 39.9 Å². The van der Waals surface area contributed by atoms with E-state index >= 15 is 0 Å². The van der Waals surface area contributed by atoms with Gasteiger partial charge in [-0.25, -0.2) is 9.67 Å². The third-order valence-corrected chi connectivity index (χ3v) is 4.08. The number of hydrogen-bond donors (Lipinski definition) is 0. The van der Waals surface area contributed by atoms with Gasteiger partial charge in [0.1, 0.15) is 6.33 Å². The lowest BCUT2D eigenvalue weighted by atomic mass is 9.74. The molecule has 3 rings (SSSR count). The Morgan fingerprint density at radius 1 is 1.53 bits per heavy atom. The summed E-state index contributed by atoms with van der Waals surface area (Å²) in [5, 5.41) is 4.39. The van der Waals surface area contributed by atoms with Crippen molar-refractivity contribution in [1.82, 2.24) is 14.8 Å². The molecule has 1 saturated heterocycles. The zero-order chi connectivity index (χ0) is 10.3. The van der Waals surface area contributed by atoms with Crippen LogP contribution in [0, 0.1) is 3.83 Å². The molecule has 0 radical (unpaired) electrons. The van der Waals surface area contributed by atoms with Gasteiger partial charge in [-0.2, -0.15) is 0 Å². The van der Waals surface area contributed by atoms with Gasteiger partial charge in [-0.3, -0.25) is 0 Å². The summed E-state index contributed by atoms with van der Waals surface area (Å²) in [6.07, 6.45) is 7.82. The van der Waals surface area contributed by atoms with Gasteiger partial charge in [0.25, 0.3) is 0 Å². The number of aromatic nitrogens is 3. The van der Waals surface area contributed by atoms with Crippen LogP contribution in [0.25, 0.3) is 0 Å². The monoisotopic (exact) mass is 319 g/mol. The van der Waals surface area contributed by atoms with E-state index in [4.69, 9.17) is 4.74 Å². The number of hydrogen-bond acceptors (Lipinski definition) is 3. The number of rotatable bonds is 1. The second-order valence-corrected chi connectivity index (χ2v) is 5.49. The molecule has 1 aromatic heterocycles. The summed E-state index contributed by atoms with van der Waals surface area (Å²) < 4.78 is 8.75. The molecule has 82 valence electrons. The summed E-state index contributed by atoms with van der Waals surface area (Å²) in [6.45, 7) is 0.876. The Kier molecular flexibility index (Phi) is 2.47. The first-order valence-corrected chi connectivity index (χ1v) is 6.56. The number of ether oxygens (including phenoxy) is 1. The minimum Gasteiger partial charge on any atom is -0.375 e. The first-order valence-electron chi connectivity index (χ1n) is 5.48. The molecule has 1 saturated carbocycles. The maximum atomic E-state index is 5.90. The lowest BCUT2D eigenvalue weighted by molar-refractivity contribution is -0.141. The van der Waals surface area contributed by atoms with Crippen LogP contribution in [-0.4, -0.2) is 27.0 Å². The van der Waals surface area contributed by atoms with E-state index in [9.17, 15) is 0 Å². The van der Waals surface area contributed by atoms with Crippen LogP contribution in [0.5, 0.6) is 0 Å². The van der Waals surface area contributed by atoms with Crippen molar-refractivity contribution in [2.75, 3.05) is 6.61 Å². The summed E-state index contributed by atoms with van der Waals surface area (Å²) in [7, 11) is 0. The van der Waals surface area contributed by atoms with Crippen LogP contribution in [0.3, 0.4) is 0 Å². The van der Waals surface area contributed by atoms with E-state index in [0.29, 0.717) is 6.04 Å². The highest BCUT2D eigenvalue weighted by Crippen LogP contribution is 2.45. The van der Waals surface area contributed by atoms with Gasteiger partial charge in [0.05, 0.1) is 11.6 Å². The first kappa shape index (κ1) is 10.0. The van der Waals surface area contributed by atoms with Crippen molar-refractivity contribution in [3.05, 3.63) is 10.2 Å². The van der Waals surface area contributed by atoms with Crippen molar-refractivity contribution in [2.45, 2.75) is 43.7 Å². The molecule has 2 fully saturated rings. The molecule has 0 bridgehead atoms. The van der Waals surface area contributed by atoms with Crippen LogP contribution in [-0.2, 0) is 4.74 Å². The van der Waals surface area contributed by atoms with Gasteiger partial charge >= 0.3 is 0 Å². The highest BCUT2D eigenvalue weighted by molar-refractivity contribution is 14.1. The Morgan fingerprint density at radius 3 is 3.00 bits per heavy atom. The molecule has 2 aliphatic rings. The lowest BCUT2D eigenvalue weighted by Gasteiger charge is -2.47. The zero-order valence-electron chi connectivity index (χ0n) is 8.53. The van der Waals surface area contributed by atoms with Gasteiger partial charge in [-0.15, -0.1) is 5.10 Å². The van der Waals surface area contributed by atoms with Gasteiger partial charge in [-0.05, 0) is 32.1 Å². The van der Waals surface area contributed by atoms with E-state index in [-0.39, 0.29) is 5.60 Å². The van der Waals surface area contributed by atoms with Crippen molar-refractivity contribution in [3.8, 4) is 0 Å². The summed E-state index contributed by atoms with van der Waals surface area (Å²) in [5.41, 5.74) is 0.195. The van der Waals surface area contributed by atoms with Crippen molar-refractivity contribution in [1.29, 1.82) is 0 Å². The molecular weight excluding hydrogens is 305 g/mol. The molecule has 4 nitrogen and oxygen atoms in total. The third kappa shape index (κ3) is 1.80. The molecule has 0 amide bonds. The Labute approximate surface area is 103 Å². The molecule has 5 heteroatoms. The maximum absolute atomic E-state index is 5.90. The molecule has 1 spiro atoms. The van der Waals surface area contributed by atoms with Gasteiger partial charge in [0, 0.05) is 29.2 Å². The van der Waals surface area contributed by atoms with Crippen LogP contribution in [0.15, 0.2) is 6.33 Å². The van der Waals surface area contributed by atoms with E-state index in [1.807, 2.05) is 11.0 Å². The molecule has 15 heavy (non-hydrogen) atoms. The molecule has 1 aliphatic heterocycles. The van der Waals surface area contributed by atoms with Crippen molar-refractivity contribution >= 4 is 22.6 Å². The van der Waals surface area contributed by atoms with E-state index in [0.717, 1.165) is 23.3 Å². The molecule has 0 aromatic carbocycles. The summed E-state index contributed by atoms with van der Waals surface area (Å²) in [4.78, 5) is 4.18. The van der Waals surface area contributed by atoms with Gasteiger partial charge in [-0.1, -0.05) is 0 Å². The first-order chi connectivity index (χ1) is 7.27. The van der Waals surface area contributed by atoms with Crippen LogP contribution in [0.4, 0.5) is 0 Å². The Hall–Kier alpha value is -0.170. The second kappa shape index (κ2) is 3.69. The van der Waals surface area contributed by atoms with Crippen molar-refractivity contribution in [3.63, 3.8) is 0 Å². The smallest absolute Gasteiger partial charge is 0.211 e.